The second kappa shape index (κ2) is 12.0. The van der Waals surface area contributed by atoms with Gasteiger partial charge in [0.1, 0.15) is 17.5 Å². The molecule has 0 bridgehead atoms. The number of nitrogens with zero attached hydrogens (tertiary/aromatic N) is 4. The molecule has 1 atom stereocenters. The summed E-state index contributed by atoms with van der Waals surface area (Å²) in [7, 11) is 4.58. The molecule has 3 aromatic rings. The first kappa shape index (κ1) is 31.8. The predicted molar refractivity (Wildman–Crippen MR) is 172 cm³/mol. The summed E-state index contributed by atoms with van der Waals surface area (Å²) in [6.45, 7) is 4.37. The van der Waals surface area contributed by atoms with Crippen LogP contribution in [-0.2, 0) is 29.7 Å². The molecule has 252 valence electrons. The van der Waals surface area contributed by atoms with Crippen LogP contribution in [0.5, 0.6) is 11.5 Å². The standard InChI is InChI=1S/C35H37F2N5O6/c1-39-14-22(10-25(31(36)37)33(39)45)21-11-28(47-2)26(29(12-21)48-3)16-40-9-8-35(17-40)18-41(19-35)23-5-4-20-15-42(34(46)24(20)13-23)27-6-7-30(43)38-32(27)44/h4-5,10-14,27,31H,6-9,15-19H2,1-3H3,(H,38,43,44). The number of benzene rings is 2. The maximum Gasteiger partial charge on any atom is 0.269 e. The van der Waals surface area contributed by atoms with Gasteiger partial charge < -0.3 is 23.8 Å². The van der Waals surface area contributed by atoms with E-state index < -0.39 is 29.5 Å². The van der Waals surface area contributed by atoms with Crippen LogP contribution in [-0.4, -0.2) is 78.5 Å². The number of methoxy groups -OCH3 is 2. The minimum Gasteiger partial charge on any atom is -0.496 e. The highest BCUT2D eigenvalue weighted by Gasteiger charge is 2.48. The van der Waals surface area contributed by atoms with Gasteiger partial charge in [-0.05, 0) is 66.4 Å². The van der Waals surface area contributed by atoms with Crippen LogP contribution < -0.4 is 25.2 Å². The summed E-state index contributed by atoms with van der Waals surface area (Å²) in [5.41, 5.74) is 3.19. The van der Waals surface area contributed by atoms with Gasteiger partial charge in [-0.2, -0.15) is 0 Å². The fourth-order valence-corrected chi connectivity index (χ4v) is 7.69. The van der Waals surface area contributed by atoms with Crippen molar-refractivity contribution < 1.29 is 32.6 Å². The fourth-order valence-electron chi connectivity index (χ4n) is 7.69. The summed E-state index contributed by atoms with van der Waals surface area (Å²) in [6.07, 6.45) is 0.202. The number of nitrogens with one attached hydrogen (secondary N) is 1. The van der Waals surface area contributed by atoms with Gasteiger partial charge in [-0.25, -0.2) is 8.78 Å². The van der Waals surface area contributed by atoms with Crippen LogP contribution in [0.15, 0.2) is 47.4 Å². The molecule has 2 aromatic carbocycles. The summed E-state index contributed by atoms with van der Waals surface area (Å²) >= 11 is 0. The van der Waals surface area contributed by atoms with E-state index in [9.17, 15) is 28.0 Å². The van der Waals surface area contributed by atoms with Crippen LogP contribution in [0.1, 0.15) is 52.7 Å². The van der Waals surface area contributed by atoms with Gasteiger partial charge in [0, 0.05) is 69.1 Å². The molecule has 0 saturated carbocycles. The van der Waals surface area contributed by atoms with Crippen molar-refractivity contribution in [3.05, 3.63) is 75.2 Å². The zero-order valence-corrected chi connectivity index (χ0v) is 27.1. The Morgan fingerprint density at radius 3 is 2.38 bits per heavy atom. The van der Waals surface area contributed by atoms with Crippen molar-refractivity contribution in [2.45, 2.75) is 44.8 Å². The van der Waals surface area contributed by atoms with Crippen molar-refractivity contribution in [2.24, 2.45) is 12.5 Å². The van der Waals surface area contributed by atoms with Crippen LogP contribution in [0.3, 0.4) is 0 Å². The number of hydrogen-bond acceptors (Lipinski definition) is 8. The highest BCUT2D eigenvalue weighted by Crippen LogP contribution is 2.44. The SMILES string of the molecule is COc1cc(-c2cc(C(F)F)c(=O)n(C)c2)cc(OC)c1CN1CCC2(C1)CN(c1ccc3c(c1)C(=O)N(C1CCC(=O)NC1=O)C3)C2. The van der Waals surface area contributed by atoms with E-state index in [1.807, 2.05) is 18.2 Å². The van der Waals surface area contributed by atoms with Crippen molar-refractivity contribution >= 4 is 23.4 Å². The van der Waals surface area contributed by atoms with Crippen molar-refractivity contribution in [1.82, 2.24) is 19.7 Å². The van der Waals surface area contributed by atoms with Crippen LogP contribution in [0.25, 0.3) is 11.1 Å². The Balaban J connectivity index is 1.03. The van der Waals surface area contributed by atoms with Gasteiger partial charge in [0.05, 0.1) is 25.3 Å². The second-order valence-electron chi connectivity index (χ2n) is 13.3. The number of carbonyl (C=O) groups excluding carboxylic acids is 3. The number of halogens is 2. The van der Waals surface area contributed by atoms with Crippen molar-refractivity contribution in [3.63, 3.8) is 0 Å². The number of carbonyl (C=O) groups is 3. The third-order valence-electron chi connectivity index (χ3n) is 10.2. The van der Waals surface area contributed by atoms with Gasteiger partial charge >= 0.3 is 0 Å². The number of hydrogen-bond donors (Lipinski definition) is 1. The van der Waals surface area contributed by atoms with Crippen molar-refractivity contribution in [1.29, 1.82) is 0 Å². The molecule has 4 aliphatic rings. The molecule has 3 amide bonds. The van der Waals surface area contributed by atoms with Gasteiger partial charge in [-0.3, -0.25) is 29.4 Å². The number of amides is 3. The van der Waals surface area contributed by atoms with E-state index in [1.165, 1.54) is 19.3 Å². The number of ether oxygens (including phenoxy) is 2. The molecule has 1 aromatic heterocycles. The number of imide groups is 1. The summed E-state index contributed by atoms with van der Waals surface area (Å²) in [6, 6.07) is 10.1. The van der Waals surface area contributed by atoms with Crippen LogP contribution >= 0.6 is 0 Å². The predicted octanol–water partition coefficient (Wildman–Crippen LogP) is 3.48. The highest BCUT2D eigenvalue weighted by atomic mass is 19.3. The van der Waals surface area contributed by atoms with E-state index in [2.05, 4.69) is 15.1 Å². The normalized spacial score (nSPS) is 20.4. The van der Waals surface area contributed by atoms with E-state index in [1.54, 1.807) is 31.3 Å². The van der Waals surface area contributed by atoms with Crippen LogP contribution in [0, 0.1) is 5.41 Å². The van der Waals surface area contributed by atoms with Gasteiger partial charge in [0.15, 0.2) is 0 Å². The van der Waals surface area contributed by atoms with Gasteiger partial charge in [0.2, 0.25) is 11.8 Å². The Labute approximate surface area is 276 Å². The third kappa shape index (κ3) is 5.49. The van der Waals surface area contributed by atoms with Crippen LogP contribution in [0.4, 0.5) is 14.5 Å². The number of likely N-dealkylation sites (tertiary alicyclic amines) is 1. The molecule has 0 aliphatic carbocycles. The molecule has 0 radical (unpaired) electrons. The minimum atomic E-state index is -2.89. The smallest absolute Gasteiger partial charge is 0.269 e. The number of piperidine rings is 1. The molecule has 48 heavy (non-hydrogen) atoms. The molecular weight excluding hydrogens is 624 g/mol. The van der Waals surface area contributed by atoms with E-state index in [4.69, 9.17) is 9.47 Å². The fraction of sp³-hybridized carbons (Fsp3) is 0.429. The molecule has 5 heterocycles. The molecular formula is C35H37F2N5O6. The molecule has 1 N–H and O–H groups in total. The second-order valence-corrected chi connectivity index (χ2v) is 13.3. The molecule has 1 spiro atoms. The van der Waals surface area contributed by atoms with Gasteiger partial charge in [-0.15, -0.1) is 0 Å². The first-order valence-electron chi connectivity index (χ1n) is 16.0. The average molecular weight is 662 g/mol. The number of aromatic nitrogens is 1. The van der Waals surface area contributed by atoms with Crippen molar-refractivity contribution in [3.8, 4) is 22.6 Å². The van der Waals surface area contributed by atoms with Gasteiger partial charge in [0.25, 0.3) is 17.9 Å². The maximum atomic E-state index is 13.6. The minimum absolute atomic E-state index is 0.0999. The average Bonchev–Trinajstić information content (AvgIpc) is 3.62. The molecule has 3 fully saturated rings. The number of fused-ring (bicyclic) bond motifs is 1. The molecule has 11 nitrogen and oxygen atoms in total. The number of aryl methyl sites for hydroxylation is 1. The van der Waals surface area contributed by atoms with Gasteiger partial charge in [-0.1, -0.05) is 6.07 Å². The van der Waals surface area contributed by atoms with Crippen LogP contribution in [0.2, 0.25) is 0 Å². The number of rotatable bonds is 8. The van der Waals surface area contributed by atoms with Crippen molar-refractivity contribution in [2.75, 3.05) is 45.3 Å². The Kier molecular flexibility index (Phi) is 7.97. The third-order valence-corrected chi connectivity index (χ3v) is 10.2. The number of anilines is 1. The first-order valence-corrected chi connectivity index (χ1v) is 16.0. The number of pyridine rings is 1. The zero-order chi connectivity index (χ0) is 33.9. The molecule has 13 heteroatoms. The lowest BCUT2D eigenvalue weighted by molar-refractivity contribution is -0.136. The summed E-state index contributed by atoms with van der Waals surface area (Å²) in [5, 5.41) is 2.35. The largest absolute Gasteiger partial charge is 0.496 e. The Hall–Kier alpha value is -4.78. The quantitative estimate of drug-likeness (QED) is 0.366. The molecule has 3 saturated heterocycles. The summed E-state index contributed by atoms with van der Waals surface area (Å²) in [4.78, 5) is 55.7. The first-order chi connectivity index (χ1) is 23.0. The lowest BCUT2D eigenvalue weighted by atomic mass is 9.78. The van der Waals surface area contributed by atoms with E-state index in [0.717, 1.165) is 54.0 Å². The zero-order valence-electron chi connectivity index (χ0n) is 27.1. The summed E-state index contributed by atoms with van der Waals surface area (Å²) in [5.74, 6) is 0.247. The van der Waals surface area contributed by atoms with E-state index in [0.29, 0.717) is 47.7 Å². The number of alkyl halides is 2. The Bertz CT molecular complexity index is 1860. The Morgan fingerprint density at radius 2 is 1.71 bits per heavy atom. The molecule has 4 aliphatic heterocycles. The van der Waals surface area contributed by atoms with E-state index >= 15 is 0 Å². The molecule has 1 unspecified atom stereocenters. The highest BCUT2D eigenvalue weighted by molar-refractivity contribution is 6.05. The monoisotopic (exact) mass is 661 g/mol. The lowest BCUT2D eigenvalue weighted by Crippen LogP contribution is -2.57. The molecule has 7 rings (SSSR count). The topological polar surface area (TPSA) is 113 Å². The lowest BCUT2D eigenvalue weighted by Gasteiger charge is -2.49. The van der Waals surface area contributed by atoms with E-state index in [-0.39, 0.29) is 23.7 Å². The Morgan fingerprint density at radius 1 is 0.979 bits per heavy atom. The summed E-state index contributed by atoms with van der Waals surface area (Å²) < 4.78 is 39.8. The maximum absolute atomic E-state index is 13.6.